The van der Waals surface area contributed by atoms with Crippen molar-refractivity contribution in [2.75, 3.05) is 6.54 Å². The van der Waals surface area contributed by atoms with Crippen LogP contribution >= 0.6 is 11.3 Å². The lowest BCUT2D eigenvalue weighted by Crippen LogP contribution is -2.52. The maximum Gasteiger partial charge on any atom is 0.418 e. The van der Waals surface area contributed by atoms with Crippen LogP contribution in [-0.2, 0) is 25.0 Å². The van der Waals surface area contributed by atoms with Gasteiger partial charge in [0.1, 0.15) is 6.04 Å². The van der Waals surface area contributed by atoms with Crippen molar-refractivity contribution in [1.29, 1.82) is 0 Å². The maximum absolute atomic E-state index is 12.2. The molecule has 21 heavy (non-hydrogen) atoms. The highest BCUT2D eigenvalue weighted by molar-refractivity contribution is 7.80. The summed E-state index contributed by atoms with van der Waals surface area (Å²) in [5.74, 6) is -1.23. The number of hydrogen-bond acceptors (Lipinski definition) is 6. The lowest BCUT2D eigenvalue weighted by Gasteiger charge is -2.36. The number of carboxylic acids is 1. The summed E-state index contributed by atoms with van der Waals surface area (Å²) in [7, 11) is -4.89. The van der Waals surface area contributed by atoms with Crippen molar-refractivity contribution in [2.24, 2.45) is 0 Å². The van der Waals surface area contributed by atoms with Crippen LogP contribution in [0.4, 0.5) is 4.79 Å². The largest absolute Gasteiger partial charge is 0.479 e. The van der Waals surface area contributed by atoms with E-state index in [4.69, 9.17) is 4.55 Å². The Labute approximate surface area is 123 Å². The zero-order chi connectivity index (χ0) is 15.6. The number of carbonyl (C=O) groups is 2. The first-order chi connectivity index (χ1) is 9.66. The molecule has 9 nitrogen and oxygen atoms in total. The molecule has 11 heteroatoms. The average molecular weight is 334 g/mol. The van der Waals surface area contributed by atoms with E-state index in [0.717, 1.165) is 16.2 Å². The van der Waals surface area contributed by atoms with Crippen LogP contribution < -0.4 is 0 Å². The van der Waals surface area contributed by atoms with Gasteiger partial charge >= 0.3 is 22.4 Å². The summed E-state index contributed by atoms with van der Waals surface area (Å²) in [5.41, 5.74) is -1.11. The number of carbonyl (C=O) groups excluding carboxylic acids is 1. The van der Waals surface area contributed by atoms with Crippen molar-refractivity contribution in [1.82, 2.24) is 9.96 Å². The molecule has 2 aliphatic rings. The lowest BCUT2D eigenvalue weighted by molar-refractivity contribution is -0.149. The van der Waals surface area contributed by atoms with E-state index in [-0.39, 0.29) is 6.54 Å². The molecule has 0 radical (unpaired) electrons. The fourth-order valence-corrected chi connectivity index (χ4v) is 4.16. The smallest absolute Gasteiger partial charge is 0.418 e. The van der Waals surface area contributed by atoms with Gasteiger partial charge in [-0.3, -0.25) is 9.45 Å². The molecule has 1 fully saturated rings. The monoisotopic (exact) mass is 334 g/mol. The maximum atomic E-state index is 12.2. The van der Waals surface area contributed by atoms with Gasteiger partial charge in [0.05, 0.1) is 6.54 Å². The molecule has 2 aliphatic heterocycles. The minimum Gasteiger partial charge on any atom is -0.479 e. The number of hydroxylamine groups is 2. The Morgan fingerprint density at radius 3 is 2.81 bits per heavy atom. The van der Waals surface area contributed by atoms with Crippen molar-refractivity contribution >= 4 is 33.7 Å². The van der Waals surface area contributed by atoms with Gasteiger partial charge in [0.2, 0.25) is 0 Å². The first-order valence-electron chi connectivity index (χ1n) is 5.75. The summed E-state index contributed by atoms with van der Waals surface area (Å²) in [6.45, 7) is 1.33. The molecule has 114 valence electrons. The standard InChI is InChI=1S/C10H10N2O7S2/c1-10(8(13)14)7-5(2-3-20-7)6-4-11(10)9(15)12(6)19-21(16,17)18/h2-3,6H,4H2,1H3,(H,13,14)(H,16,17,18)/t6-,10-/m0/s1. The molecule has 1 aromatic rings. The predicted octanol–water partition coefficient (Wildman–Crippen LogP) is 0.575. The van der Waals surface area contributed by atoms with Crippen LogP contribution in [0.2, 0.25) is 0 Å². The molecular formula is C10H10N2O7S2. The van der Waals surface area contributed by atoms with E-state index >= 15 is 0 Å². The van der Waals surface area contributed by atoms with Crippen molar-refractivity contribution in [2.45, 2.75) is 18.5 Å². The fourth-order valence-electron chi connectivity index (χ4n) is 2.67. The summed E-state index contributed by atoms with van der Waals surface area (Å²) in [6.07, 6.45) is 0. The second-order valence-corrected chi connectivity index (χ2v) is 6.74. The molecule has 2 amide bonds. The highest BCUT2D eigenvalue weighted by Gasteiger charge is 2.59. The zero-order valence-corrected chi connectivity index (χ0v) is 12.2. The van der Waals surface area contributed by atoms with Crippen LogP contribution in [0.3, 0.4) is 0 Å². The summed E-state index contributed by atoms with van der Waals surface area (Å²) < 4.78 is 34.8. The highest BCUT2D eigenvalue weighted by Crippen LogP contribution is 2.49. The molecule has 3 heterocycles. The first kappa shape index (κ1) is 14.3. The molecule has 1 aromatic heterocycles. The molecule has 2 bridgehead atoms. The summed E-state index contributed by atoms with van der Waals surface area (Å²) in [5, 5.41) is 11.7. The summed E-state index contributed by atoms with van der Waals surface area (Å²) in [4.78, 5) is 25.3. The molecule has 0 aromatic carbocycles. The Hall–Kier alpha value is -1.69. The van der Waals surface area contributed by atoms with Crippen LogP contribution in [0.15, 0.2) is 11.4 Å². The lowest BCUT2D eigenvalue weighted by atomic mass is 9.89. The zero-order valence-electron chi connectivity index (χ0n) is 10.6. The summed E-state index contributed by atoms with van der Waals surface area (Å²) in [6, 6.07) is -0.0960. The molecule has 2 N–H and O–H groups in total. The minimum atomic E-state index is -4.89. The van der Waals surface area contributed by atoms with E-state index in [0.29, 0.717) is 15.5 Å². The van der Waals surface area contributed by atoms with E-state index in [2.05, 4.69) is 4.28 Å². The molecular weight excluding hydrogens is 324 g/mol. The van der Waals surface area contributed by atoms with E-state index < -0.39 is 34.0 Å². The van der Waals surface area contributed by atoms with Crippen molar-refractivity contribution in [3.63, 3.8) is 0 Å². The van der Waals surface area contributed by atoms with Crippen LogP contribution in [0.5, 0.6) is 0 Å². The Morgan fingerprint density at radius 2 is 2.24 bits per heavy atom. The van der Waals surface area contributed by atoms with Gasteiger partial charge in [-0.05, 0) is 23.9 Å². The van der Waals surface area contributed by atoms with Crippen molar-refractivity contribution in [3.8, 4) is 0 Å². The van der Waals surface area contributed by atoms with E-state index in [1.54, 1.807) is 11.4 Å². The Balaban J connectivity index is 2.15. The van der Waals surface area contributed by atoms with Crippen LogP contribution in [0, 0.1) is 0 Å². The Bertz CT molecular complexity index is 742. The van der Waals surface area contributed by atoms with E-state index in [1.165, 1.54) is 6.92 Å². The number of nitrogens with zero attached hydrogens (tertiary/aromatic N) is 2. The normalized spacial score (nSPS) is 27.9. The van der Waals surface area contributed by atoms with E-state index in [9.17, 15) is 23.1 Å². The first-order valence-corrected chi connectivity index (χ1v) is 8.00. The number of thiophene rings is 1. The van der Waals surface area contributed by atoms with Crippen LogP contribution in [0.1, 0.15) is 23.4 Å². The molecule has 2 atom stereocenters. The van der Waals surface area contributed by atoms with Crippen molar-refractivity contribution < 1.29 is 31.9 Å². The number of carboxylic acid groups (broad SMARTS) is 1. The minimum absolute atomic E-state index is 0.0408. The van der Waals surface area contributed by atoms with E-state index in [1.807, 2.05) is 0 Å². The van der Waals surface area contributed by atoms with Crippen molar-refractivity contribution in [3.05, 3.63) is 21.9 Å². The van der Waals surface area contributed by atoms with Gasteiger partial charge in [-0.2, -0.15) is 13.5 Å². The fraction of sp³-hybridized carbons (Fsp3) is 0.400. The van der Waals surface area contributed by atoms with Gasteiger partial charge in [-0.15, -0.1) is 15.6 Å². The van der Waals surface area contributed by atoms with Gasteiger partial charge in [-0.25, -0.2) is 9.59 Å². The van der Waals surface area contributed by atoms with Crippen LogP contribution in [0.25, 0.3) is 0 Å². The van der Waals surface area contributed by atoms with Gasteiger partial charge in [-0.1, -0.05) is 0 Å². The molecule has 0 saturated carbocycles. The molecule has 3 rings (SSSR count). The number of rotatable bonds is 3. The highest BCUT2D eigenvalue weighted by atomic mass is 32.3. The molecule has 0 unspecified atom stereocenters. The third-order valence-electron chi connectivity index (χ3n) is 3.69. The number of hydrogen-bond donors (Lipinski definition) is 2. The second-order valence-electron chi connectivity index (χ2n) is 4.82. The van der Waals surface area contributed by atoms with Gasteiger partial charge in [0.15, 0.2) is 5.54 Å². The Morgan fingerprint density at radius 1 is 1.57 bits per heavy atom. The third-order valence-corrected chi connectivity index (χ3v) is 5.18. The van der Waals surface area contributed by atoms with Gasteiger partial charge in [0, 0.05) is 4.88 Å². The average Bonchev–Trinajstić information content (AvgIpc) is 2.93. The summed E-state index contributed by atoms with van der Waals surface area (Å²) >= 11 is 1.16. The number of amides is 2. The molecule has 0 aliphatic carbocycles. The van der Waals surface area contributed by atoms with Gasteiger partial charge < -0.3 is 5.11 Å². The van der Waals surface area contributed by atoms with Crippen LogP contribution in [-0.4, -0.2) is 46.6 Å². The molecule has 0 spiro atoms. The third kappa shape index (κ3) is 1.85. The number of fused-ring (bicyclic) bond motifs is 4. The van der Waals surface area contributed by atoms with Gasteiger partial charge in [0.25, 0.3) is 0 Å². The predicted molar refractivity (Wildman–Crippen MR) is 68.6 cm³/mol. The number of urea groups is 1. The SMILES string of the molecule is C[C@@]1(C(=O)O)c2sccc2[C@@H]2CN1C(=O)N2OS(=O)(=O)O. The molecule has 1 saturated heterocycles. The Kier molecular flexibility index (Phi) is 2.82. The quantitative estimate of drug-likeness (QED) is 0.774. The topological polar surface area (TPSA) is 124 Å². The number of aliphatic carboxylic acids is 1. The second kappa shape index (κ2) is 4.16.